The largest absolute Gasteiger partial charge is 0.345 e. The molecule has 0 spiro atoms. The summed E-state index contributed by atoms with van der Waals surface area (Å²) in [5, 5.41) is 6.95. The zero-order valence-corrected chi connectivity index (χ0v) is 17.2. The normalized spacial score (nSPS) is 10.7. The highest BCUT2D eigenvalue weighted by Crippen LogP contribution is 2.22. The molecule has 1 heterocycles. The number of benzene rings is 2. The molecule has 156 valence electrons. The van der Waals surface area contributed by atoms with Crippen LogP contribution in [0.15, 0.2) is 47.0 Å². The van der Waals surface area contributed by atoms with Gasteiger partial charge in [-0.15, -0.1) is 0 Å². The van der Waals surface area contributed by atoms with Gasteiger partial charge in [0, 0.05) is 38.2 Å². The second-order valence-electron chi connectivity index (χ2n) is 6.81. The summed E-state index contributed by atoms with van der Waals surface area (Å²) in [5.74, 6) is -0.0307. The molecule has 1 aromatic heterocycles. The number of carbonyl (C=O) groups is 2. The Morgan fingerprint density at radius 3 is 2.60 bits per heavy atom. The molecule has 0 bridgehead atoms. The molecular formula is C21H20ClFN4O3. The lowest BCUT2D eigenvalue weighted by molar-refractivity contribution is -0.116. The molecule has 0 aliphatic carbocycles. The second-order valence-corrected chi connectivity index (χ2v) is 7.22. The van der Waals surface area contributed by atoms with Crippen molar-refractivity contribution in [1.82, 2.24) is 15.0 Å². The van der Waals surface area contributed by atoms with Crippen molar-refractivity contribution in [3.63, 3.8) is 0 Å². The topological polar surface area (TPSA) is 88.3 Å². The van der Waals surface area contributed by atoms with E-state index in [1.54, 1.807) is 44.4 Å². The molecule has 0 unspecified atom stereocenters. The SMILES string of the molecule is CN(C)C(=O)c1cc(NC(=O)CCCc2nc(-c3ccc(F)cc3)no2)ccc1Cl. The van der Waals surface area contributed by atoms with E-state index < -0.39 is 0 Å². The van der Waals surface area contributed by atoms with Crippen LogP contribution in [0.5, 0.6) is 0 Å². The van der Waals surface area contributed by atoms with E-state index in [9.17, 15) is 14.0 Å². The number of hydrogen-bond acceptors (Lipinski definition) is 5. The second kappa shape index (κ2) is 9.49. The zero-order chi connectivity index (χ0) is 21.7. The molecule has 2 aromatic carbocycles. The fourth-order valence-electron chi connectivity index (χ4n) is 2.70. The van der Waals surface area contributed by atoms with E-state index in [1.807, 2.05) is 0 Å². The lowest BCUT2D eigenvalue weighted by Gasteiger charge is -2.13. The van der Waals surface area contributed by atoms with Crippen LogP contribution in [-0.4, -0.2) is 41.0 Å². The van der Waals surface area contributed by atoms with Crippen LogP contribution in [0, 0.1) is 5.82 Å². The maximum absolute atomic E-state index is 13.0. The van der Waals surface area contributed by atoms with Crippen molar-refractivity contribution in [2.24, 2.45) is 0 Å². The lowest BCUT2D eigenvalue weighted by atomic mass is 10.1. The molecule has 0 atom stereocenters. The molecule has 7 nitrogen and oxygen atoms in total. The third-order valence-corrected chi connectivity index (χ3v) is 4.58. The molecule has 0 saturated heterocycles. The first kappa shape index (κ1) is 21.4. The highest BCUT2D eigenvalue weighted by Gasteiger charge is 2.14. The van der Waals surface area contributed by atoms with Crippen LogP contribution in [0.1, 0.15) is 29.1 Å². The van der Waals surface area contributed by atoms with Crippen molar-refractivity contribution >= 4 is 29.1 Å². The maximum Gasteiger partial charge on any atom is 0.254 e. The molecule has 1 N–H and O–H groups in total. The molecule has 9 heteroatoms. The van der Waals surface area contributed by atoms with Crippen molar-refractivity contribution in [3.05, 3.63) is 64.8 Å². The van der Waals surface area contributed by atoms with Crippen LogP contribution >= 0.6 is 11.6 Å². The van der Waals surface area contributed by atoms with E-state index in [4.69, 9.17) is 16.1 Å². The summed E-state index contributed by atoms with van der Waals surface area (Å²) >= 11 is 6.08. The van der Waals surface area contributed by atoms with Crippen LogP contribution in [-0.2, 0) is 11.2 Å². The van der Waals surface area contributed by atoms with Gasteiger partial charge in [-0.05, 0) is 48.9 Å². The van der Waals surface area contributed by atoms with Gasteiger partial charge in [0.2, 0.25) is 17.6 Å². The first-order valence-corrected chi connectivity index (χ1v) is 9.61. The summed E-state index contributed by atoms with van der Waals surface area (Å²) in [6.45, 7) is 0. The Morgan fingerprint density at radius 1 is 1.17 bits per heavy atom. The monoisotopic (exact) mass is 430 g/mol. The first-order valence-electron chi connectivity index (χ1n) is 9.23. The fourth-order valence-corrected chi connectivity index (χ4v) is 2.90. The predicted octanol–water partition coefficient (Wildman–Crippen LogP) is 4.19. The number of amides is 2. The third-order valence-electron chi connectivity index (χ3n) is 4.25. The molecule has 0 aliphatic rings. The van der Waals surface area contributed by atoms with Gasteiger partial charge in [0.15, 0.2) is 0 Å². The Morgan fingerprint density at radius 2 is 1.90 bits per heavy atom. The van der Waals surface area contributed by atoms with Gasteiger partial charge in [-0.25, -0.2) is 4.39 Å². The van der Waals surface area contributed by atoms with Gasteiger partial charge >= 0.3 is 0 Å². The highest BCUT2D eigenvalue weighted by atomic mass is 35.5. The summed E-state index contributed by atoms with van der Waals surface area (Å²) in [5.41, 5.74) is 1.46. The van der Waals surface area contributed by atoms with Gasteiger partial charge in [0.1, 0.15) is 5.82 Å². The Bertz CT molecular complexity index is 1050. The van der Waals surface area contributed by atoms with Gasteiger partial charge in [0.25, 0.3) is 5.91 Å². The summed E-state index contributed by atoms with van der Waals surface area (Å²) in [7, 11) is 3.26. The minimum Gasteiger partial charge on any atom is -0.345 e. The third kappa shape index (κ3) is 5.42. The smallest absolute Gasteiger partial charge is 0.254 e. The fraction of sp³-hybridized carbons (Fsp3) is 0.238. The quantitative estimate of drug-likeness (QED) is 0.607. The van der Waals surface area contributed by atoms with E-state index in [0.29, 0.717) is 46.4 Å². The van der Waals surface area contributed by atoms with Crippen molar-refractivity contribution in [2.75, 3.05) is 19.4 Å². The van der Waals surface area contributed by atoms with E-state index in [-0.39, 0.29) is 24.1 Å². The average Bonchev–Trinajstić information content (AvgIpc) is 3.18. The van der Waals surface area contributed by atoms with Crippen LogP contribution in [0.3, 0.4) is 0 Å². The van der Waals surface area contributed by atoms with Gasteiger partial charge in [-0.3, -0.25) is 9.59 Å². The van der Waals surface area contributed by atoms with E-state index >= 15 is 0 Å². The van der Waals surface area contributed by atoms with Gasteiger partial charge in [-0.1, -0.05) is 16.8 Å². The highest BCUT2D eigenvalue weighted by molar-refractivity contribution is 6.34. The summed E-state index contributed by atoms with van der Waals surface area (Å²) < 4.78 is 18.2. The standard InChI is InChI=1S/C21H20ClFN4O3/c1-27(2)21(29)16-12-15(10-11-17(16)22)24-18(28)4-3-5-19-25-20(26-30-19)13-6-8-14(23)9-7-13/h6-12H,3-5H2,1-2H3,(H,24,28). The number of aryl methyl sites for hydroxylation is 1. The number of rotatable bonds is 7. The molecular weight excluding hydrogens is 411 g/mol. The Balaban J connectivity index is 1.53. The Kier molecular flexibility index (Phi) is 6.79. The van der Waals surface area contributed by atoms with Crippen LogP contribution in [0.25, 0.3) is 11.4 Å². The van der Waals surface area contributed by atoms with Crippen LogP contribution < -0.4 is 5.32 Å². The average molecular weight is 431 g/mol. The minimum absolute atomic E-state index is 0.209. The maximum atomic E-state index is 13.0. The van der Waals surface area contributed by atoms with Crippen molar-refractivity contribution in [1.29, 1.82) is 0 Å². The van der Waals surface area contributed by atoms with Gasteiger partial charge in [-0.2, -0.15) is 4.98 Å². The van der Waals surface area contributed by atoms with E-state index in [0.717, 1.165) is 0 Å². The molecule has 0 aliphatic heterocycles. The Hall–Kier alpha value is -3.26. The number of nitrogens with zero attached hydrogens (tertiary/aromatic N) is 3. The molecule has 2 amide bonds. The lowest BCUT2D eigenvalue weighted by Crippen LogP contribution is -2.22. The predicted molar refractivity (Wildman–Crippen MR) is 111 cm³/mol. The molecule has 3 aromatic rings. The summed E-state index contributed by atoms with van der Waals surface area (Å²) in [4.78, 5) is 30.0. The first-order chi connectivity index (χ1) is 14.3. The number of halogens is 2. The van der Waals surface area contributed by atoms with Gasteiger partial charge < -0.3 is 14.7 Å². The number of nitrogens with one attached hydrogen (secondary N) is 1. The molecule has 3 rings (SSSR count). The van der Waals surface area contributed by atoms with Crippen LogP contribution in [0.2, 0.25) is 5.02 Å². The minimum atomic E-state index is -0.340. The van der Waals surface area contributed by atoms with E-state index in [1.165, 1.54) is 17.0 Å². The number of aromatic nitrogens is 2. The van der Waals surface area contributed by atoms with Crippen LogP contribution in [0.4, 0.5) is 10.1 Å². The molecule has 0 saturated carbocycles. The zero-order valence-electron chi connectivity index (χ0n) is 16.5. The number of anilines is 1. The summed E-state index contributed by atoms with van der Waals surface area (Å²) in [6, 6.07) is 10.5. The van der Waals surface area contributed by atoms with Crippen molar-refractivity contribution in [2.45, 2.75) is 19.3 Å². The van der Waals surface area contributed by atoms with E-state index in [2.05, 4.69) is 15.5 Å². The summed E-state index contributed by atoms with van der Waals surface area (Å²) in [6.07, 6.45) is 1.15. The molecule has 0 radical (unpaired) electrons. The van der Waals surface area contributed by atoms with Crippen molar-refractivity contribution in [3.8, 4) is 11.4 Å². The van der Waals surface area contributed by atoms with Crippen molar-refractivity contribution < 1.29 is 18.5 Å². The van der Waals surface area contributed by atoms with Gasteiger partial charge in [0.05, 0.1) is 10.6 Å². The molecule has 30 heavy (non-hydrogen) atoms. The number of carbonyl (C=O) groups excluding carboxylic acids is 2. The number of hydrogen-bond donors (Lipinski definition) is 1. The molecule has 0 fully saturated rings. The Labute approximate surface area is 177 Å².